The van der Waals surface area contributed by atoms with Crippen LogP contribution in [0.15, 0.2) is 4.34 Å². The van der Waals surface area contributed by atoms with Crippen LogP contribution in [0.2, 0.25) is 0 Å². The predicted octanol–water partition coefficient (Wildman–Crippen LogP) is 1.62. The van der Waals surface area contributed by atoms with E-state index in [1.54, 1.807) is 20.9 Å². The molecule has 1 heterocycles. The highest BCUT2D eigenvalue weighted by atomic mass is 32.2. The molecule has 84 valence electrons. The third-order valence-corrected chi connectivity index (χ3v) is 3.62. The number of thioether (sulfide) groups is 1. The number of hydrogen-bond donors (Lipinski definition) is 1. The van der Waals surface area contributed by atoms with Gasteiger partial charge in [0.15, 0.2) is 4.34 Å². The number of ether oxygens (including phenoxy) is 1. The molecule has 1 unspecified atom stereocenters. The van der Waals surface area contributed by atoms with Crippen LogP contribution >= 0.6 is 23.1 Å². The Morgan fingerprint density at radius 3 is 2.93 bits per heavy atom. The molecule has 0 spiro atoms. The zero-order valence-corrected chi connectivity index (χ0v) is 10.4. The van der Waals surface area contributed by atoms with Crippen LogP contribution < -0.4 is 5.32 Å². The van der Waals surface area contributed by atoms with E-state index in [9.17, 15) is 4.79 Å². The van der Waals surface area contributed by atoms with Crippen LogP contribution in [-0.2, 0) is 9.53 Å². The van der Waals surface area contributed by atoms with E-state index >= 15 is 0 Å². The van der Waals surface area contributed by atoms with Gasteiger partial charge >= 0.3 is 5.97 Å². The molecular weight excluding hydrogens is 234 g/mol. The Morgan fingerprint density at radius 2 is 2.40 bits per heavy atom. The van der Waals surface area contributed by atoms with Gasteiger partial charge in [-0.05, 0) is 13.8 Å². The van der Waals surface area contributed by atoms with Gasteiger partial charge in [0.1, 0.15) is 5.25 Å². The molecule has 0 radical (unpaired) electrons. The molecule has 0 bridgehead atoms. The van der Waals surface area contributed by atoms with Gasteiger partial charge in [-0.25, -0.2) is 0 Å². The van der Waals surface area contributed by atoms with Crippen molar-refractivity contribution in [2.24, 2.45) is 0 Å². The Bertz CT molecular complexity index is 329. The standard InChI is InChI=1S/C8H13N3O2S2/c1-4-13-6(12)5(2)14-8-11-10-7(9-3)15-8/h5H,4H2,1-3H3,(H,9,10). The molecule has 1 N–H and O–H groups in total. The number of rotatable bonds is 5. The number of carbonyl (C=O) groups is 1. The number of anilines is 1. The second kappa shape index (κ2) is 5.92. The molecule has 0 aliphatic rings. The first-order valence-electron chi connectivity index (χ1n) is 4.52. The summed E-state index contributed by atoms with van der Waals surface area (Å²) in [5, 5.41) is 11.2. The maximum atomic E-state index is 11.3. The van der Waals surface area contributed by atoms with E-state index in [4.69, 9.17) is 4.74 Å². The Kier molecular flexibility index (Phi) is 4.83. The molecule has 7 heteroatoms. The zero-order chi connectivity index (χ0) is 11.3. The van der Waals surface area contributed by atoms with Crippen LogP contribution in [0.4, 0.5) is 5.13 Å². The number of nitrogens with one attached hydrogen (secondary N) is 1. The molecule has 0 saturated heterocycles. The second-order valence-corrected chi connectivity index (χ2v) is 5.20. The first-order chi connectivity index (χ1) is 7.17. The molecule has 0 amide bonds. The van der Waals surface area contributed by atoms with Crippen molar-refractivity contribution in [2.75, 3.05) is 19.0 Å². The van der Waals surface area contributed by atoms with Crippen LogP contribution in [0.25, 0.3) is 0 Å². The number of hydrogen-bond acceptors (Lipinski definition) is 7. The summed E-state index contributed by atoms with van der Waals surface area (Å²) in [5.41, 5.74) is 0. The number of carbonyl (C=O) groups excluding carboxylic acids is 1. The van der Waals surface area contributed by atoms with E-state index in [2.05, 4.69) is 15.5 Å². The largest absolute Gasteiger partial charge is 0.465 e. The Hall–Kier alpha value is -0.820. The first kappa shape index (κ1) is 12.3. The van der Waals surface area contributed by atoms with Gasteiger partial charge in [-0.1, -0.05) is 23.1 Å². The van der Waals surface area contributed by atoms with Crippen molar-refractivity contribution in [2.45, 2.75) is 23.4 Å². The average Bonchev–Trinajstić information content (AvgIpc) is 2.66. The van der Waals surface area contributed by atoms with Crippen LogP contribution in [-0.4, -0.2) is 35.1 Å². The van der Waals surface area contributed by atoms with Crippen molar-refractivity contribution in [3.63, 3.8) is 0 Å². The average molecular weight is 247 g/mol. The first-order valence-corrected chi connectivity index (χ1v) is 6.21. The number of esters is 1. The van der Waals surface area contributed by atoms with Crippen molar-refractivity contribution in [3.05, 3.63) is 0 Å². The molecule has 0 fully saturated rings. The van der Waals surface area contributed by atoms with E-state index in [1.807, 2.05) is 0 Å². The van der Waals surface area contributed by atoms with Crippen LogP contribution in [0.1, 0.15) is 13.8 Å². The van der Waals surface area contributed by atoms with Gasteiger partial charge in [-0.3, -0.25) is 4.79 Å². The highest BCUT2D eigenvalue weighted by molar-refractivity contribution is 8.02. The molecule has 1 aromatic heterocycles. The third-order valence-electron chi connectivity index (χ3n) is 1.52. The van der Waals surface area contributed by atoms with E-state index in [0.29, 0.717) is 6.61 Å². The van der Waals surface area contributed by atoms with Gasteiger partial charge in [-0.2, -0.15) is 0 Å². The Morgan fingerprint density at radius 1 is 1.67 bits per heavy atom. The summed E-state index contributed by atoms with van der Waals surface area (Å²) in [4.78, 5) is 11.3. The van der Waals surface area contributed by atoms with E-state index in [0.717, 1.165) is 9.47 Å². The minimum absolute atomic E-state index is 0.219. The lowest BCUT2D eigenvalue weighted by molar-refractivity contribution is -0.142. The fourth-order valence-corrected chi connectivity index (χ4v) is 2.67. The number of nitrogens with zero attached hydrogens (tertiary/aromatic N) is 2. The summed E-state index contributed by atoms with van der Waals surface area (Å²) in [7, 11) is 1.78. The molecule has 15 heavy (non-hydrogen) atoms. The quantitative estimate of drug-likeness (QED) is 0.630. The fraction of sp³-hybridized carbons (Fsp3) is 0.625. The molecule has 0 aromatic carbocycles. The lowest BCUT2D eigenvalue weighted by atomic mass is 10.5. The summed E-state index contributed by atoms with van der Waals surface area (Å²) in [6.07, 6.45) is 0. The lowest BCUT2D eigenvalue weighted by Gasteiger charge is -2.06. The lowest BCUT2D eigenvalue weighted by Crippen LogP contribution is -2.16. The molecular formula is C8H13N3O2S2. The van der Waals surface area contributed by atoms with Gasteiger partial charge < -0.3 is 10.1 Å². The SMILES string of the molecule is CCOC(=O)C(C)Sc1nnc(NC)s1. The van der Waals surface area contributed by atoms with Gasteiger partial charge in [-0.15, -0.1) is 10.2 Å². The third kappa shape index (κ3) is 3.67. The zero-order valence-electron chi connectivity index (χ0n) is 8.81. The van der Waals surface area contributed by atoms with Crippen LogP contribution in [0.3, 0.4) is 0 Å². The van der Waals surface area contributed by atoms with Gasteiger partial charge in [0.25, 0.3) is 0 Å². The monoisotopic (exact) mass is 247 g/mol. The van der Waals surface area contributed by atoms with Crippen molar-refractivity contribution in [1.82, 2.24) is 10.2 Å². The molecule has 0 aliphatic heterocycles. The molecule has 0 saturated carbocycles. The van der Waals surface area contributed by atoms with Gasteiger partial charge in [0.05, 0.1) is 6.61 Å². The van der Waals surface area contributed by atoms with Crippen molar-refractivity contribution >= 4 is 34.2 Å². The highest BCUT2D eigenvalue weighted by Crippen LogP contribution is 2.28. The maximum Gasteiger partial charge on any atom is 0.319 e. The van der Waals surface area contributed by atoms with Crippen molar-refractivity contribution in [1.29, 1.82) is 0 Å². The maximum absolute atomic E-state index is 11.3. The molecule has 1 atom stereocenters. The Labute approximate surface area is 96.6 Å². The van der Waals surface area contributed by atoms with E-state index in [-0.39, 0.29) is 11.2 Å². The van der Waals surface area contributed by atoms with Crippen LogP contribution in [0.5, 0.6) is 0 Å². The van der Waals surface area contributed by atoms with Crippen LogP contribution in [0, 0.1) is 0 Å². The second-order valence-electron chi connectivity index (χ2n) is 2.64. The molecule has 1 aromatic rings. The smallest absolute Gasteiger partial charge is 0.319 e. The normalized spacial score (nSPS) is 12.2. The summed E-state index contributed by atoms with van der Waals surface area (Å²) in [6, 6.07) is 0. The molecule has 1 rings (SSSR count). The van der Waals surface area contributed by atoms with Crippen molar-refractivity contribution < 1.29 is 9.53 Å². The van der Waals surface area contributed by atoms with E-state index in [1.165, 1.54) is 23.1 Å². The predicted molar refractivity (Wildman–Crippen MR) is 61.4 cm³/mol. The minimum atomic E-state index is -0.248. The number of aromatic nitrogens is 2. The summed E-state index contributed by atoms with van der Waals surface area (Å²) >= 11 is 2.78. The summed E-state index contributed by atoms with van der Waals surface area (Å²) in [5.74, 6) is -0.219. The molecule has 0 aliphatic carbocycles. The minimum Gasteiger partial charge on any atom is -0.465 e. The summed E-state index contributed by atoms with van der Waals surface area (Å²) in [6.45, 7) is 3.99. The molecule has 5 nitrogen and oxygen atoms in total. The van der Waals surface area contributed by atoms with Crippen molar-refractivity contribution in [3.8, 4) is 0 Å². The highest BCUT2D eigenvalue weighted by Gasteiger charge is 2.17. The summed E-state index contributed by atoms with van der Waals surface area (Å²) < 4.78 is 5.65. The van der Waals surface area contributed by atoms with E-state index < -0.39 is 0 Å². The fourth-order valence-electron chi connectivity index (χ4n) is 0.817. The Balaban J connectivity index is 2.50. The van der Waals surface area contributed by atoms with Gasteiger partial charge in [0, 0.05) is 7.05 Å². The topological polar surface area (TPSA) is 64.1 Å². The van der Waals surface area contributed by atoms with Gasteiger partial charge in [0.2, 0.25) is 5.13 Å².